The number of nitrogens with zero attached hydrogens (tertiary/aromatic N) is 6. The molecule has 12 aromatic rings. The molecule has 12 aliphatic rings. The summed E-state index contributed by atoms with van der Waals surface area (Å²) in [5.74, 6) is 4.75. The van der Waals surface area contributed by atoms with Crippen LogP contribution in [0.15, 0.2) is 253 Å². The summed E-state index contributed by atoms with van der Waals surface area (Å²) in [6.45, 7) is 56.5. The van der Waals surface area contributed by atoms with E-state index in [0.29, 0.717) is 35.5 Å². The standard InChI is InChI=1S/C48H64N2Si.C43H54N2Si.C42H52N2Si/c1-8-10-29-48(30-11-9-2)42-32-36(49-44-23-17-15-21-38(44)39-22-16-18-24-45(39)49)26-27-37(42)41-31-34-25-28-46(40(34)33-43(41)48)51(6,7)50(47(3,4)5)35-19-13-12-14-20-35;1-28-24-29-25-36-32-23-22-31(44-39-20-14-12-18-33(39)34-19-13-15-21-40(34)44)26-37(32)43(5,6)38(36)27-35(29)41(28)46(7,8)45(42(2,3)4)30-16-10-9-11-17-30;1-41(2,3)44(29-15-9-8-10-16-29)45(6,7)40-24-21-28-25-35-31-23-22-30(26-36(31)42(4,5)37(35)27-34(28)40)43-38-19-13-11-17-32(38)33-18-12-14-20-39(33)43/h15-18,21-24,26-27,31-35,40,46H,8-14,19-20,25,28-30H2,1-7H3;12-15,18-23,25-30,35,41H,9-11,16-17,24H2,1-8H3;11-14,17-20,22-23,25-29,34,40H,8-10,15-16,21,24H2,1-7H3. The van der Waals surface area contributed by atoms with Gasteiger partial charge in [-0.1, -0.05) is 348 Å². The zero-order valence-electron chi connectivity index (χ0n) is 91.1. The molecule has 24 rings (SSSR count). The average molecular weight is 1940 g/mol. The van der Waals surface area contributed by atoms with Gasteiger partial charge in [0.2, 0.25) is 0 Å². The number of allylic oxidation sites excluding steroid dienone is 12. The van der Waals surface area contributed by atoms with E-state index in [2.05, 4.69) is 414 Å². The fraction of sp³-hybridized carbons (Fsp3) is 0.504. The average Bonchev–Trinajstić information content (AvgIpc) is 1.51. The van der Waals surface area contributed by atoms with Crippen molar-refractivity contribution in [2.24, 2.45) is 41.4 Å². The third-order valence-corrected chi connectivity index (χ3v) is 53.7. The molecule has 0 aliphatic heterocycles. The van der Waals surface area contributed by atoms with Gasteiger partial charge in [-0.2, -0.15) is 0 Å². The van der Waals surface area contributed by atoms with Gasteiger partial charge in [0, 0.05) is 100 Å². The van der Waals surface area contributed by atoms with Crippen LogP contribution in [0.1, 0.15) is 311 Å². The summed E-state index contributed by atoms with van der Waals surface area (Å²) in [6.07, 6.45) is 52.5. The van der Waals surface area contributed by atoms with Gasteiger partial charge in [0.1, 0.15) is 24.7 Å². The monoisotopic (exact) mass is 1940 g/mol. The van der Waals surface area contributed by atoms with E-state index in [-0.39, 0.29) is 32.9 Å². The highest BCUT2D eigenvalue weighted by molar-refractivity contribution is 6.77. The van der Waals surface area contributed by atoms with E-state index in [4.69, 9.17) is 0 Å². The Morgan fingerprint density at radius 1 is 0.317 bits per heavy atom. The van der Waals surface area contributed by atoms with E-state index < -0.39 is 24.7 Å². The number of benzene rings is 9. The molecule has 744 valence electrons. The van der Waals surface area contributed by atoms with E-state index in [1.807, 2.05) is 0 Å². The van der Waals surface area contributed by atoms with Crippen molar-refractivity contribution in [1.29, 1.82) is 0 Å². The molecule has 6 saturated carbocycles. The van der Waals surface area contributed by atoms with Crippen molar-refractivity contribution in [3.63, 3.8) is 0 Å². The number of unbranched alkanes of at least 4 members (excludes halogenated alkanes) is 2. The Hall–Kier alpha value is -8.65. The fourth-order valence-corrected chi connectivity index (χ4v) is 51.5. The van der Waals surface area contributed by atoms with Crippen LogP contribution in [0.5, 0.6) is 0 Å². The highest BCUT2D eigenvalue weighted by Crippen LogP contribution is 2.67. The van der Waals surface area contributed by atoms with Crippen LogP contribution in [0.25, 0.3) is 99.2 Å². The van der Waals surface area contributed by atoms with Gasteiger partial charge in [-0.25, -0.2) is 0 Å². The highest BCUT2D eigenvalue weighted by Gasteiger charge is 2.60. The molecule has 0 bridgehead atoms. The topological polar surface area (TPSA) is 24.5 Å². The summed E-state index contributed by atoms with van der Waals surface area (Å²) >= 11 is 0. The number of hydrogen-bond acceptors (Lipinski definition) is 3. The normalized spacial score (nSPS) is 24.8. The van der Waals surface area contributed by atoms with E-state index in [0.717, 1.165) is 40.7 Å². The molecule has 3 heterocycles. The lowest BCUT2D eigenvalue weighted by Crippen LogP contribution is -2.65. The molecular weight excluding hydrogens is 1770 g/mol. The SMILES string of the molecule is CC1(C)C2=CC3C(C=C2c2ccc(-n4c5ccccc5c5ccccc54)cc21)CCC3[Si](C)(C)N(C1CCCCC1)C(C)(C)C.CC1CC2C=C3C(=CC2C1[Si](C)(C)N(C1CCCCC1)C(C)(C)C)C(C)(C)c1cc(-n2c4ccccc4c4ccccc42)ccc13.CCCCC1(CCCC)C2=CC3C(C=C2c2ccc(-n4c5ccccc5c5ccccc54)cc21)CCC3[Si](C)(C)N(C1CCCCC1)C(C)(C)C. The van der Waals surface area contributed by atoms with Crippen LogP contribution in [-0.2, 0) is 16.2 Å². The smallest absolute Gasteiger partial charge is 0.127 e. The Balaban J connectivity index is 0.000000122. The van der Waals surface area contributed by atoms with Gasteiger partial charge in [0.25, 0.3) is 0 Å². The fourth-order valence-electron chi connectivity index (χ4n) is 34.5. The number of aromatic nitrogens is 3. The molecule has 0 saturated heterocycles. The molecule has 9 heteroatoms. The molecule has 9 aromatic carbocycles. The number of fused-ring (bicyclic) bond motifs is 21. The van der Waals surface area contributed by atoms with Crippen molar-refractivity contribution in [2.75, 3.05) is 0 Å². The second kappa shape index (κ2) is 37.0. The predicted molar refractivity (Wildman–Crippen MR) is 620 cm³/mol. The first-order chi connectivity index (χ1) is 68.0. The van der Waals surface area contributed by atoms with Gasteiger partial charge < -0.3 is 27.4 Å². The van der Waals surface area contributed by atoms with Crippen LogP contribution in [0, 0.1) is 41.4 Å². The summed E-state index contributed by atoms with van der Waals surface area (Å²) in [5, 5.41) is 8.01. The molecule has 6 fully saturated rings. The predicted octanol–water partition coefficient (Wildman–Crippen LogP) is 36.9. The lowest BCUT2D eigenvalue weighted by molar-refractivity contribution is 0.138. The first kappa shape index (κ1) is 98.0. The minimum atomic E-state index is -1.81. The molecule has 0 radical (unpaired) electrons. The third-order valence-electron chi connectivity index (χ3n) is 39.3. The Labute approximate surface area is 857 Å². The Kier molecular flexibility index (Phi) is 25.6. The molecule has 0 amide bonds. The van der Waals surface area contributed by atoms with Crippen molar-refractivity contribution < 1.29 is 0 Å². The molecule has 142 heavy (non-hydrogen) atoms. The van der Waals surface area contributed by atoms with E-state index in [1.165, 1.54) is 288 Å². The maximum absolute atomic E-state index is 3.16. The van der Waals surface area contributed by atoms with Crippen LogP contribution >= 0.6 is 0 Å². The summed E-state index contributed by atoms with van der Waals surface area (Å²) in [5.41, 5.74) is 33.4. The van der Waals surface area contributed by atoms with Gasteiger partial charge in [-0.15, -0.1) is 0 Å². The van der Waals surface area contributed by atoms with Crippen LogP contribution in [0.4, 0.5) is 0 Å². The summed E-state index contributed by atoms with van der Waals surface area (Å²) in [6, 6.07) is 78.2. The maximum atomic E-state index is 3.16. The molecule has 0 N–H and O–H groups in total. The first-order valence-corrected chi connectivity index (χ1v) is 66.2. The second-order valence-corrected chi connectivity index (χ2v) is 66.1. The van der Waals surface area contributed by atoms with Gasteiger partial charge in [-0.05, 0) is 331 Å². The Morgan fingerprint density at radius 2 is 0.606 bits per heavy atom. The van der Waals surface area contributed by atoms with Crippen LogP contribution in [-0.4, -0.2) is 86.8 Å². The highest BCUT2D eigenvalue weighted by atomic mass is 28.3. The Bertz CT molecular complexity index is 6860. The molecule has 0 spiro atoms. The first-order valence-electron chi connectivity index (χ1n) is 57.1. The quantitative estimate of drug-likeness (QED) is 0.0801. The lowest BCUT2D eigenvalue weighted by atomic mass is 9.68. The number of para-hydroxylation sites is 6. The number of hydrogen-bond donors (Lipinski definition) is 0. The summed E-state index contributed by atoms with van der Waals surface area (Å²) < 4.78 is 16.9. The van der Waals surface area contributed by atoms with E-state index in [9.17, 15) is 0 Å². The third kappa shape index (κ3) is 16.3. The minimum Gasteiger partial charge on any atom is -0.316 e. The van der Waals surface area contributed by atoms with Gasteiger partial charge >= 0.3 is 0 Å². The molecule has 3 aromatic heterocycles. The molecule has 6 nitrogen and oxygen atoms in total. The zero-order chi connectivity index (χ0) is 99.0. The van der Waals surface area contributed by atoms with Gasteiger partial charge in [0.15, 0.2) is 0 Å². The van der Waals surface area contributed by atoms with Gasteiger partial charge in [0.05, 0.1) is 33.1 Å². The molecule has 12 aliphatic carbocycles. The largest absolute Gasteiger partial charge is 0.316 e. The van der Waals surface area contributed by atoms with Crippen molar-refractivity contribution >= 4 is 107 Å². The van der Waals surface area contributed by atoms with Crippen molar-refractivity contribution in [1.82, 2.24) is 27.4 Å². The van der Waals surface area contributed by atoms with Crippen LogP contribution in [0.3, 0.4) is 0 Å². The van der Waals surface area contributed by atoms with E-state index in [1.54, 1.807) is 27.9 Å². The summed E-state index contributed by atoms with van der Waals surface area (Å²) in [7, 11) is -5.34. The van der Waals surface area contributed by atoms with Crippen molar-refractivity contribution in [3.8, 4) is 17.1 Å². The number of rotatable bonds is 18. The Morgan fingerprint density at radius 3 is 0.937 bits per heavy atom. The maximum Gasteiger partial charge on any atom is 0.127 e. The molecule has 10 atom stereocenters. The lowest BCUT2D eigenvalue weighted by Gasteiger charge is -2.56. The molecular formula is C133H170N6Si3. The van der Waals surface area contributed by atoms with Crippen molar-refractivity contribution in [2.45, 2.75) is 385 Å². The van der Waals surface area contributed by atoms with Crippen LogP contribution in [0.2, 0.25) is 55.9 Å². The summed E-state index contributed by atoms with van der Waals surface area (Å²) in [4.78, 5) is 0. The van der Waals surface area contributed by atoms with Gasteiger partial charge in [-0.3, -0.25) is 0 Å². The second-order valence-electron chi connectivity index (χ2n) is 52.6. The zero-order valence-corrected chi connectivity index (χ0v) is 94.1. The minimum absolute atomic E-state index is 0.00711. The van der Waals surface area contributed by atoms with Crippen molar-refractivity contribution in [3.05, 3.63) is 287 Å². The molecule has 10 unspecified atom stereocenters. The van der Waals surface area contributed by atoms with E-state index >= 15 is 0 Å². The van der Waals surface area contributed by atoms with Crippen LogP contribution < -0.4 is 0 Å².